The fourth-order valence-electron chi connectivity index (χ4n) is 3.21. The van der Waals surface area contributed by atoms with Crippen molar-refractivity contribution in [1.82, 2.24) is 0 Å². The molecule has 0 spiro atoms. The minimum atomic E-state index is -0.339. The highest BCUT2D eigenvalue weighted by Gasteiger charge is 2.18. The van der Waals surface area contributed by atoms with Crippen molar-refractivity contribution in [3.8, 4) is 5.75 Å². The number of rotatable bonds is 10. The molecule has 0 aromatic heterocycles. The second kappa shape index (κ2) is 11.5. The summed E-state index contributed by atoms with van der Waals surface area (Å²) in [6.45, 7) is 5.43. The lowest BCUT2D eigenvalue weighted by Crippen LogP contribution is -2.16. The van der Waals surface area contributed by atoms with Gasteiger partial charge in [-0.2, -0.15) is 0 Å². The van der Waals surface area contributed by atoms with Crippen molar-refractivity contribution in [1.29, 1.82) is 0 Å². The molecule has 1 amide bonds. The maximum absolute atomic E-state index is 13.0. The van der Waals surface area contributed by atoms with E-state index in [2.05, 4.69) is 5.32 Å². The molecule has 0 saturated carbocycles. The summed E-state index contributed by atoms with van der Waals surface area (Å²) in [7, 11) is 0. The van der Waals surface area contributed by atoms with E-state index in [-0.39, 0.29) is 11.7 Å². The van der Waals surface area contributed by atoms with Crippen LogP contribution in [0.4, 0.5) is 5.69 Å². The normalized spacial score (nSPS) is 10.6. The quantitative estimate of drug-likeness (QED) is 0.296. The van der Waals surface area contributed by atoms with Crippen molar-refractivity contribution in [3.05, 3.63) is 94.0 Å². The van der Waals surface area contributed by atoms with Crippen molar-refractivity contribution in [2.45, 2.75) is 26.9 Å². The van der Waals surface area contributed by atoms with E-state index in [9.17, 15) is 9.59 Å². The number of ether oxygens (including phenoxy) is 2. The summed E-state index contributed by atoms with van der Waals surface area (Å²) in [5.41, 5.74) is 2.48. The Balaban J connectivity index is 1.87. The van der Waals surface area contributed by atoms with Crippen LogP contribution in [0.25, 0.3) is 0 Å². The topological polar surface area (TPSA) is 64.6 Å². The Morgan fingerprint density at radius 3 is 2.44 bits per heavy atom. The maximum atomic E-state index is 13.0. The number of anilines is 1. The van der Waals surface area contributed by atoms with Gasteiger partial charge in [-0.3, -0.25) is 9.59 Å². The molecule has 0 aliphatic heterocycles. The van der Waals surface area contributed by atoms with Gasteiger partial charge in [-0.15, -0.1) is 0 Å². The molecule has 0 unspecified atom stereocenters. The number of carbonyl (C=O) groups is 2. The zero-order valence-electron chi connectivity index (χ0n) is 18.2. The van der Waals surface area contributed by atoms with Crippen LogP contribution in [0.5, 0.6) is 5.75 Å². The van der Waals surface area contributed by atoms with Crippen LogP contribution in [0.1, 0.15) is 52.1 Å². The second-order valence-electron chi connectivity index (χ2n) is 7.15. The molecule has 0 bridgehead atoms. The minimum absolute atomic E-state index is 0.219. The molecule has 3 rings (SSSR count). The smallest absolute Gasteiger partial charge is 0.255 e. The average Bonchev–Trinajstić information content (AvgIpc) is 2.81. The van der Waals surface area contributed by atoms with Crippen molar-refractivity contribution in [2.75, 3.05) is 18.5 Å². The molecule has 0 radical (unpaired) electrons. The molecule has 1 N–H and O–H groups in total. The minimum Gasteiger partial charge on any atom is -0.494 e. The Morgan fingerprint density at radius 1 is 0.938 bits per heavy atom. The van der Waals surface area contributed by atoms with Crippen LogP contribution in [0.15, 0.2) is 66.7 Å². The largest absolute Gasteiger partial charge is 0.494 e. The van der Waals surface area contributed by atoms with Crippen molar-refractivity contribution in [3.63, 3.8) is 0 Å². The molecular formula is C26H26ClNO4. The van der Waals surface area contributed by atoms with Gasteiger partial charge in [0.1, 0.15) is 5.75 Å². The summed E-state index contributed by atoms with van der Waals surface area (Å²) in [5.74, 6) is 0.129. The van der Waals surface area contributed by atoms with Crippen LogP contribution in [0, 0.1) is 0 Å². The first kappa shape index (κ1) is 23.5. The zero-order chi connectivity index (χ0) is 22.9. The summed E-state index contributed by atoms with van der Waals surface area (Å²) >= 11 is 6.14. The zero-order valence-corrected chi connectivity index (χ0v) is 18.9. The molecule has 0 fully saturated rings. The van der Waals surface area contributed by atoms with Gasteiger partial charge in [0.15, 0.2) is 5.78 Å². The Morgan fingerprint density at radius 2 is 1.72 bits per heavy atom. The second-order valence-corrected chi connectivity index (χ2v) is 7.58. The lowest BCUT2D eigenvalue weighted by molar-refractivity contribution is 0.102. The van der Waals surface area contributed by atoms with Crippen LogP contribution in [0.2, 0.25) is 5.02 Å². The molecule has 0 saturated heterocycles. The van der Waals surface area contributed by atoms with E-state index in [1.165, 1.54) is 0 Å². The van der Waals surface area contributed by atoms with E-state index < -0.39 is 0 Å². The van der Waals surface area contributed by atoms with E-state index >= 15 is 0 Å². The van der Waals surface area contributed by atoms with Crippen LogP contribution in [0.3, 0.4) is 0 Å². The summed E-state index contributed by atoms with van der Waals surface area (Å²) in [5, 5.41) is 3.27. The first-order valence-electron chi connectivity index (χ1n) is 10.6. The standard InChI is InChI=1S/C26H26ClNO4/c1-3-14-31-17-20-15-19(10-13-24(20)32-4-2)26(30)28-23-12-11-21(27)16-22(23)25(29)18-8-6-5-7-9-18/h5-13,15-16H,3-4,14,17H2,1-2H3,(H,28,30). The number of carbonyl (C=O) groups excluding carboxylic acids is 2. The van der Waals surface area contributed by atoms with E-state index in [1.807, 2.05) is 19.9 Å². The third-order valence-corrected chi connectivity index (χ3v) is 4.97. The van der Waals surface area contributed by atoms with Gasteiger partial charge in [-0.05, 0) is 49.7 Å². The molecule has 6 heteroatoms. The number of ketones is 1. The molecule has 0 aliphatic rings. The number of nitrogens with one attached hydrogen (secondary N) is 1. The fraction of sp³-hybridized carbons (Fsp3) is 0.231. The SMILES string of the molecule is CCCOCc1cc(C(=O)Nc2ccc(Cl)cc2C(=O)c2ccccc2)ccc1OCC. The average molecular weight is 452 g/mol. The van der Waals surface area contributed by atoms with Gasteiger partial charge >= 0.3 is 0 Å². The highest BCUT2D eigenvalue weighted by Crippen LogP contribution is 2.26. The predicted molar refractivity (Wildman–Crippen MR) is 127 cm³/mol. The highest BCUT2D eigenvalue weighted by molar-refractivity contribution is 6.31. The van der Waals surface area contributed by atoms with E-state index in [0.29, 0.717) is 53.0 Å². The lowest BCUT2D eigenvalue weighted by Gasteiger charge is -2.14. The Kier molecular flexibility index (Phi) is 8.42. The maximum Gasteiger partial charge on any atom is 0.255 e. The molecule has 166 valence electrons. The monoisotopic (exact) mass is 451 g/mol. The molecule has 3 aromatic carbocycles. The summed E-state index contributed by atoms with van der Waals surface area (Å²) in [6.07, 6.45) is 0.902. The van der Waals surface area contributed by atoms with Gasteiger partial charge < -0.3 is 14.8 Å². The Bertz CT molecular complexity index is 1080. The van der Waals surface area contributed by atoms with Crippen molar-refractivity contribution < 1.29 is 19.1 Å². The van der Waals surface area contributed by atoms with E-state index in [0.717, 1.165) is 12.0 Å². The summed E-state index contributed by atoms with van der Waals surface area (Å²) in [6, 6.07) is 18.9. The molecule has 32 heavy (non-hydrogen) atoms. The van der Waals surface area contributed by atoms with Crippen molar-refractivity contribution in [2.24, 2.45) is 0 Å². The van der Waals surface area contributed by atoms with Gasteiger partial charge in [-0.25, -0.2) is 0 Å². The van der Waals surface area contributed by atoms with Crippen molar-refractivity contribution >= 4 is 29.0 Å². The number of amides is 1. The first-order chi connectivity index (χ1) is 15.5. The fourth-order valence-corrected chi connectivity index (χ4v) is 3.38. The van der Waals surface area contributed by atoms with Gasteiger partial charge in [-0.1, -0.05) is 48.9 Å². The molecule has 5 nitrogen and oxygen atoms in total. The Labute approximate surface area is 193 Å². The van der Waals surface area contributed by atoms with Gasteiger partial charge in [0.2, 0.25) is 0 Å². The molecule has 0 atom stereocenters. The van der Waals surface area contributed by atoms with Gasteiger partial charge in [0, 0.05) is 33.9 Å². The van der Waals surface area contributed by atoms with E-state index in [4.69, 9.17) is 21.1 Å². The molecular weight excluding hydrogens is 426 g/mol. The number of hydrogen-bond acceptors (Lipinski definition) is 4. The lowest BCUT2D eigenvalue weighted by atomic mass is 10.0. The third kappa shape index (κ3) is 5.96. The number of benzene rings is 3. The highest BCUT2D eigenvalue weighted by atomic mass is 35.5. The first-order valence-corrected chi connectivity index (χ1v) is 10.9. The predicted octanol–water partition coefficient (Wildman–Crippen LogP) is 6.15. The Hall–Kier alpha value is -3.15. The molecule has 3 aromatic rings. The van der Waals surface area contributed by atoms with Gasteiger partial charge in [0.05, 0.1) is 18.9 Å². The number of hydrogen-bond donors (Lipinski definition) is 1. The van der Waals surface area contributed by atoms with Crippen LogP contribution < -0.4 is 10.1 Å². The van der Waals surface area contributed by atoms with Crippen LogP contribution >= 0.6 is 11.6 Å². The number of halogens is 1. The van der Waals surface area contributed by atoms with Crippen LogP contribution in [-0.4, -0.2) is 24.9 Å². The molecule has 0 heterocycles. The third-order valence-electron chi connectivity index (χ3n) is 4.74. The summed E-state index contributed by atoms with van der Waals surface area (Å²) in [4.78, 5) is 26.0. The van der Waals surface area contributed by atoms with E-state index in [1.54, 1.807) is 60.7 Å². The van der Waals surface area contributed by atoms with Gasteiger partial charge in [0.25, 0.3) is 5.91 Å². The van der Waals surface area contributed by atoms with Crippen LogP contribution in [-0.2, 0) is 11.3 Å². The molecule has 0 aliphatic carbocycles. The summed E-state index contributed by atoms with van der Waals surface area (Å²) < 4.78 is 11.3.